The SMILES string of the molecule is COc1ccc(S(=O)(=O)NC2CCS(=O)(=O)C2)c(C)c1C. The minimum absolute atomic E-state index is 0.0286. The summed E-state index contributed by atoms with van der Waals surface area (Å²) >= 11 is 0. The van der Waals surface area contributed by atoms with Crippen molar-refractivity contribution >= 4 is 19.9 Å². The van der Waals surface area contributed by atoms with E-state index in [9.17, 15) is 16.8 Å². The first kappa shape index (κ1) is 16.3. The molecule has 2 rings (SSSR count). The van der Waals surface area contributed by atoms with Crippen LogP contribution in [0.15, 0.2) is 17.0 Å². The molecule has 1 N–H and O–H groups in total. The fourth-order valence-corrected chi connectivity index (χ4v) is 5.80. The Hall–Kier alpha value is -1.12. The van der Waals surface area contributed by atoms with Crippen LogP contribution in [0.5, 0.6) is 5.75 Å². The molecule has 0 bridgehead atoms. The van der Waals surface area contributed by atoms with Gasteiger partial charge in [0.25, 0.3) is 0 Å². The lowest BCUT2D eigenvalue weighted by atomic mass is 10.1. The summed E-state index contributed by atoms with van der Waals surface area (Å²) in [6.45, 7) is 3.49. The van der Waals surface area contributed by atoms with Gasteiger partial charge in [-0.05, 0) is 43.5 Å². The number of nitrogens with one attached hydrogen (secondary N) is 1. The van der Waals surface area contributed by atoms with E-state index in [4.69, 9.17) is 4.74 Å². The zero-order valence-electron chi connectivity index (χ0n) is 12.2. The van der Waals surface area contributed by atoms with Gasteiger partial charge in [0.1, 0.15) is 5.75 Å². The molecule has 0 aliphatic carbocycles. The third kappa shape index (κ3) is 3.38. The second kappa shape index (κ2) is 5.58. The number of hydrogen-bond donors (Lipinski definition) is 1. The first-order valence-corrected chi connectivity index (χ1v) is 9.84. The molecular formula is C13H19NO5S2. The van der Waals surface area contributed by atoms with Crippen LogP contribution < -0.4 is 9.46 Å². The number of sulfonamides is 1. The Morgan fingerprint density at radius 1 is 1.24 bits per heavy atom. The van der Waals surface area contributed by atoms with Crippen molar-refractivity contribution in [2.24, 2.45) is 0 Å². The lowest BCUT2D eigenvalue weighted by molar-refractivity contribution is 0.410. The molecule has 0 amide bonds. The summed E-state index contributed by atoms with van der Waals surface area (Å²) in [5, 5.41) is 0. The molecule has 8 heteroatoms. The standard InChI is InChI=1S/C13H19NO5S2/c1-9-10(2)13(5-4-12(9)19-3)21(17,18)14-11-6-7-20(15,16)8-11/h4-5,11,14H,6-8H2,1-3H3. The summed E-state index contributed by atoms with van der Waals surface area (Å²) in [7, 11) is -5.34. The molecule has 1 heterocycles. The van der Waals surface area contributed by atoms with E-state index < -0.39 is 25.9 Å². The molecule has 0 spiro atoms. The van der Waals surface area contributed by atoms with Gasteiger partial charge in [0.05, 0.1) is 23.5 Å². The number of hydrogen-bond acceptors (Lipinski definition) is 5. The van der Waals surface area contributed by atoms with E-state index in [0.717, 1.165) is 5.56 Å². The van der Waals surface area contributed by atoms with Crippen LogP contribution in [0.25, 0.3) is 0 Å². The van der Waals surface area contributed by atoms with Crippen LogP contribution in [0.1, 0.15) is 17.5 Å². The van der Waals surface area contributed by atoms with E-state index in [2.05, 4.69) is 4.72 Å². The Morgan fingerprint density at radius 2 is 1.90 bits per heavy atom. The van der Waals surface area contributed by atoms with Crippen molar-refractivity contribution in [1.29, 1.82) is 0 Å². The maximum absolute atomic E-state index is 12.4. The second-order valence-corrected chi connectivity index (χ2v) is 9.15. The van der Waals surface area contributed by atoms with Gasteiger partial charge in [-0.1, -0.05) is 0 Å². The zero-order chi connectivity index (χ0) is 15.8. The largest absolute Gasteiger partial charge is 0.496 e. The van der Waals surface area contributed by atoms with Crippen molar-refractivity contribution in [3.8, 4) is 5.75 Å². The molecule has 118 valence electrons. The fourth-order valence-electron chi connectivity index (χ4n) is 2.45. The number of rotatable bonds is 4. The van der Waals surface area contributed by atoms with E-state index >= 15 is 0 Å². The molecule has 1 saturated heterocycles. The van der Waals surface area contributed by atoms with E-state index in [0.29, 0.717) is 17.7 Å². The average Bonchev–Trinajstić information content (AvgIpc) is 2.70. The van der Waals surface area contributed by atoms with Crippen molar-refractivity contribution in [2.45, 2.75) is 31.2 Å². The van der Waals surface area contributed by atoms with Gasteiger partial charge in [-0.15, -0.1) is 0 Å². The van der Waals surface area contributed by atoms with Gasteiger partial charge in [0.2, 0.25) is 10.0 Å². The average molecular weight is 333 g/mol. The van der Waals surface area contributed by atoms with E-state index in [1.807, 2.05) is 0 Å². The molecule has 0 radical (unpaired) electrons. The molecule has 1 aliphatic rings. The second-order valence-electron chi connectivity index (χ2n) is 5.24. The summed E-state index contributed by atoms with van der Waals surface area (Å²) in [6.07, 6.45) is 0.315. The van der Waals surface area contributed by atoms with Crippen molar-refractivity contribution in [2.75, 3.05) is 18.6 Å². The highest BCUT2D eigenvalue weighted by Crippen LogP contribution is 2.27. The number of benzene rings is 1. The summed E-state index contributed by atoms with van der Waals surface area (Å²) in [4.78, 5) is 0.157. The summed E-state index contributed by atoms with van der Waals surface area (Å²) < 4.78 is 55.3. The smallest absolute Gasteiger partial charge is 0.241 e. The number of sulfone groups is 1. The van der Waals surface area contributed by atoms with Gasteiger partial charge in [-0.25, -0.2) is 21.6 Å². The first-order chi connectivity index (χ1) is 9.66. The molecule has 1 fully saturated rings. The van der Waals surface area contributed by atoms with Crippen LogP contribution in [0.4, 0.5) is 0 Å². The maximum Gasteiger partial charge on any atom is 0.241 e. The van der Waals surface area contributed by atoms with E-state index in [1.165, 1.54) is 13.2 Å². The van der Waals surface area contributed by atoms with Crippen LogP contribution >= 0.6 is 0 Å². The molecule has 0 aromatic heterocycles. The lowest BCUT2D eigenvalue weighted by Gasteiger charge is -2.16. The predicted molar refractivity (Wildman–Crippen MR) is 79.8 cm³/mol. The highest BCUT2D eigenvalue weighted by molar-refractivity contribution is 7.92. The maximum atomic E-state index is 12.4. The van der Waals surface area contributed by atoms with Crippen LogP contribution in [0.3, 0.4) is 0 Å². The van der Waals surface area contributed by atoms with Crippen LogP contribution in [0, 0.1) is 13.8 Å². The minimum atomic E-state index is -3.74. The summed E-state index contributed by atoms with van der Waals surface area (Å²) in [5.74, 6) is 0.510. The quantitative estimate of drug-likeness (QED) is 0.879. The normalized spacial score (nSPS) is 21.4. The van der Waals surface area contributed by atoms with Gasteiger partial charge in [0.15, 0.2) is 9.84 Å². The molecular weight excluding hydrogens is 314 g/mol. The monoisotopic (exact) mass is 333 g/mol. The number of methoxy groups -OCH3 is 1. The third-order valence-electron chi connectivity index (χ3n) is 3.75. The number of ether oxygens (including phenoxy) is 1. The minimum Gasteiger partial charge on any atom is -0.496 e. The van der Waals surface area contributed by atoms with Crippen molar-refractivity contribution in [3.05, 3.63) is 23.3 Å². The van der Waals surface area contributed by atoms with Crippen LogP contribution in [-0.2, 0) is 19.9 Å². The van der Waals surface area contributed by atoms with Gasteiger partial charge >= 0.3 is 0 Å². The Labute approximate surface area is 125 Å². The van der Waals surface area contributed by atoms with Crippen molar-refractivity contribution in [1.82, 2.24) is 4.72 Å². The molecule has 1 aromatic rings. The Morgan fingerprint density at radius 3 is 2.43 bits per heavy atom. The lowest BCUT2D eigenvalue weighted by Crippen LogP contribution is -2.36. The molecule has 6 nitrogen and oxygen atoms in total. The molecule has 0 saturated carbocycles. The van der Waals surface area contributed by atoms with Gasteiger partial charge in [-0.2, -0.15) is 0 Å². The van der Waals surface area contributed by atoms with Gasteiger partial charge in [-0.3, -0.25) is 0 Å². The highest BCUT2D eigenvalue weighted by Gasteiger charge is 2.32. The molecule has 1 aliphatic heterocycles. The first-order valence-electron chi connectivity index (χ1n) is 6.53. The Bertz CT molecular complexity index is 753. The summed E-state index contributed by atoms with van der Waals surface area (Å²) in [5.41, 5.74) is 1.35. The molecule has 1 aromatic carbocycles. The third-order valence-corrected chi connectivity index (χ3v) is 7.18. The zero-order valence-corrected chi connectivity index (χ0v) is 13.8. The fraction of sp³-hybridized carbons (Fsp3) is 0.538. The molecule has 1 atom stereocenters. The Kier molecular flexibility index (Phi) is 4.32. The van der Waals surface area contributed by atoms with Crippen LogP contribution in [-0.4, -0.2) is 41.5 Å². The van der Waals surface area contributed by atoms with E-state index in [1.54, 1.807) is 19.9 Å². The molecule has 21 heavy (non-hydrogen) atoms. The van der Waals surface area contributed by atoms with Crippen molar-refractivity contribution < 1.29 is 21.6 Å². The van der Waals surface area contributed by atoms with Gasteiger partial charge < -0.3 is 4.74 Å². The summed E-state index contributed by atoms with van der Waals surface area (Å²) in [6, 6.07) is 2.52. The topological polar surface area (TPSA) is 89.5 Å². The Balaban J connectivity index is 2.31. The molecule has 1 unspecified atom stereocenters. The highest BCUT2D eigenvalue weighted by atomic mass is 32.2. The van der Waals surface area contributed by atoms with Crippen molar-refractivity contribution in [3.63, 3.8) is 0 Å². The van der Waals surface area contributed by atoms with Gasteiger partial charge in [0, 0.05) is 6.04 Å². The van der Waals surface area contributed by atoms with Crippen LogP contribution in [0.2, 0.25) is 0 Å². The van der Waals surface area contributed by atoms with E-state index in [-0.39, 0.29) is 16.4 Å². The predicted octanol–water partition coefficient (Wildman–Crippen LogP) is 0.777.